The zero-order valence-corrected chi connectivity index (χ0v) is 15.4. The Morgan fingerprint density at radius 1 is 1.03 bits per heavy atom. The van der Waals surface area contributed by atoms with E-state index in [-0.39, 0.29) is 53.7 Å². The van der Waals surface area contributed by atoms with Gasteiger partial charge >= 0.3 is 0 Å². The topological polar surface area (TPSA) is 120 Å². The number of pyridine rings is 1. The Hall–Kier alpha value is -2.99. The molecule has 0 radical (unpaired) electrons. The van der Waals surface area contributed by atoms with Crippen molar-refractivity contribution in [3.63, 3.8) is 0 Å². The highest BCUT2D eigenvalue weighted by molar-refractivity contribution is 5.93. The normalized spacial score (nSPS) is 17.8. The Bertz CT molecular complexity index is 909. The molecule has 10 nitrogen and oxygen atoms in total. The van der Waals surface area contributed by atoms with Gasteiger partial charge in [-0.25, -0.2) is 13.8 Å². The highest BCUT2D eigenvalue weighted by Crippen LogP contribution is 2.31. The third kappa shape index (κ3) is 4.07. The van der Waals surface area contributed by atoms with Crippen LogP contribution < -0.4 is 15.5 Å². The van der Waals surface area contributed by atoms with Crippen molar-refractivity contribution in [2.75, 3.05) is 61.6 Å². The molecule has 2 saturated heterocycles. The van der Waals surface area contributed by atoms with Gasteiger partial charge in [-0.15, -0.1) is 0 Å². The third-order valence-corrected chi connectivity index (χ3v) is 4.57. The van der Waals surface area contributed by atoms with E-state index in [1.165, 1.54) is 11.1 Å². The van der Waals surface area contributed by atoms with E-state index in [9.17, 15) is 13.6 Å². The minimum atomic E-state index is -2.80. The minimum Gasteiger partial charge on any atom is -0.384 e. The number of hydrogen-bond donors (Lipinski definition) is 1. The maximum Gasteiger partial charge on any atom is 0.264 e. The number of nitrogens with zero attached hydrogens (tertiary/aromatic N) is 6. The third-order valence-electron chi connectivity index (χ3n) is 4.57. The molecule has 0 bridgehead atoms. The lowest BCUT2D eigenvalue weighted by atomic mass is 10.1. The largest absolute Gasteiger partial charge is 0.384 e. The smallest absolute Gasteiger partial charge is 0.264 e. The van der Waals surface area contributed by atoms with Crippen LogP contribution in [0.5, 0.6) is 0 Å². The van der Waals surface area contributed by atoms with Gasteiger partial charge in [0.15, 0.2) is 5.82 Å². The Balaban J connectivity index is 1.82. The minimum absolute atomic E-state index is 0.00131. The van der Waals surface area contributed by atoms with E-state index in [2.05, 4.69) is 19.9 Å². The summed E-state index contributed by atoms with van der Waals surface area (Å²) in [4.78, 5) is 32.5. The molecule has 4 rings (SSSR count). The first-order valence-corrected chi connectivity index (χ1v) is 9.04. The van der Waals surface area contributed by atoms with Crippen LogP contribution in [0.25, 0.3) is 11.4 Å². The van der Waals surface area contributed by atoms with Crippen molar-refractivity contribution in [3.8, 4) is 11.4 Å². The molecule has 2 fully saturated rings. The van der Waals surface area contributed by atoms with Crippen LogP contribution in [-0.4, -0.2) is 71.9 Å². The lowest BCUT2D eigenvalue weighted by molar-refractivity contribution is -0.125. The fourth-order valence-electron chi connectivity index (χ4n) is 3.08. The van der Waals surface area contributed by atoms with Crippen molar-refractivity contribution in [3.05, 3.63) is 17.8 Å². The summed E-state index contributed by atoms with van der Waals surface area (Å²) in [6.07, 6.45) is -1.59. The number of ether oxygens (including phenoxy) is 2. The Morgan fingerprint density at radius 3 is 2.48 bits per heavy atom. The number of anilines is 3. The van der Waals surface area contributed by atoms with Gasteiger partial charge in [0, 0.05) is 30.4 Å². The van der Waals surface area contributed by atoms with E-state index < -0.39 is 6.43 Å². The molecule has 2 N–H and O–H groups in total. The molecule has 12 heteroatoms. The number of alkyl halides is 2. The number of hydrogen-bond acceptors (Lipinski definition) is 9. The standard InChI is InChI=1S/C17H19F2N7O3/c18-14(19)10-7-12(20)21-8-11(10)15-22-16(25-1-4-28-5-2-25)24-17(23-15)26-3-6-29-9-13(26)27/h7-8,14H,1-6,9H2,(H2,20,21). The average Bonchev–Trinajstić information content (AvgIpc) is 2.74. The van der Waals surface area contributed by atoms with E-state index >= 15 is 0 Å². The molecule has 0 saturated carbocycles. The summed E-state index contributed by atoms with van der Waals surface area (Å²) in [5.74, 6) is 0.0194. The van der Waals surface area contributed by atoms with E-state index in [0.717, 1.165) is 6.07 Å². The highest BCUT2D eigenvalue weighted by atomic mass is 19.3. The van der Waals surface area contributed by atoms with Gasteiger partial charge in [-0.3, -0.25) is 9.69 Å². The number of halogens is 2. The van der Waals surface area contributed by atoms with Crippen molar-refractivity contribution < 1.29 is 23.0 Å². The van der Waals surface area contributed by atoms with Gasteiger partial charge in [0.1, 0.15) is 12.4 Å². The van der Waals surface area contributed by atoms with Crippen LogP contribution >= 0.6 is 0 Å². The maximum absolute atomic E-state index is 13.6. The summed E-state index contributed by atoms with van der Waals surface area (Å²) in [6, 6.07) is 1.09. The molecule has 2 aromatic heterocycles. The Kier molecular flexibility index (Phi) is 5.45. The van der Waals surface area contributed by atoms with E-state index in [1.807, 2.05) is 4.90 Å². The van der Waals surface area contributed by atoms with Crippen LogP contribution in [0, 0.1) is 0 Å². The van der Waals surface area contributed by atoms with Gasteiger partial charge in [0.05, 0.1) is 26.4 Å². The van der Waals surface area contributed by atoms with Gasteiger partial charge in [-0.1, -0.05) is 0 Å². The summed E-state index contributed by atoms with van der Waals surface area (Å²) in [5, 5.41) is 0. The second-order valence-corrected chi connectivity index (χ2v) is 6.45. The van der Waals surface area contributed by atoms with Crippen molar-refractivity contribution in [1.29, 1.82) is 0 Å². The van der Waals surface area contributed by atoms with E-state index in [4.69, 9.17) is 15.2 Å². The summed E-state index contributed by atoms with van der Waals surface area (Å²) in [5.41, 5.74) is 5.27. The molecule has 2 aliphatic rings. The first-order valence-electron chi connectivity index (χ1n) is 9.04. The van der Waals surface area contributed by atoms with E-state index in [1.54, 1.807) is 0 Å². The van der Waals surface area contributed by atoms with Gasteiger partial charge in [-0.2, -0.15) is 15.0 Å². The molecule has 0 aromatic carbocycles. The van der Waals surface area contributed by atoms with Crippen LogP contribution in [0.2, 0.25) is 0 Å². The predicted molar refractivity (Wildman–Crippen MR) is 98.6 cm³/mol. The van der Waals surface area contributed by atoms with Crippen LogP contribution in [0.4, 0.5) is 26.5 Å². The fraction of sp³-hybridized carbons (Fsp3) is 0.471. The van der Waals surface area contributed by atoms with Gasteiger partial charge < -0.3 is 20.1 Å². The lowest BCUT2D eigenvalue weighted by Gasteiger charge is -2.29. The number of amides is 1. The number of carbonyl (C=O) groups is 1. The Morgan fingerprint density at radius 2 is 1.76 bits per heavy atom. The van der Waals surface area contributed by atoms with Gasteiger partial charge in [0.2, 0.25) is 11.9 Å². The first kappa shape index (κ1) is 19.3. The summed E-state index contributed by atoms with van der Waals surface area (Å²) >= 11 is 0. The summed E-state index contributed by atoms with van der Waals surface area (Å²) in [6.45, 7) is 2.51. The molecular weight excluding hydrogens is 388 g/mol. The molecule has 0 aliphatic carbocycles. The SMILES string of the molecule is Nc1cc(C(F)F)c(-c2nc(N3CCOCC3)nc(N3CCOCC3=O)n2)cn1. The lowest BCUT2D eigenvalue weighted by Crippen LogP contribution is -2.43. The van der Waals surface area contributed by atoms with Gasteiger partial charge in [-0.05, 0) is 6.07 Å². The Labute approximate surface area is 164 Å². The predicted octanol–water partition coefficient (Wildman–Crippen LogP) is 0.653. The molecular formula is C17H19F2N7O3. The summed E-state index contributed by atoms with van der Waals surface area (Å²) in [7, 11) is 0. The van der Waals surface area contributed by atoms with Crippen molar-refractivity contribution in [2.45, 2.75) is 6.43 Å². The molecule has 2 aliphatic heterocycles. The van der Waals surface area contributed by atoms with E-state index in [0.29, 0.717) is 32.9 Å². The van der Waals surface area contributed by atoms with Crippen LogP contribution in [-0.2, 0) is 14.3 Å². The first-order chi connectivity index (χ1) is 14.0. The number of carbonyl (C=O) groups excluding carboxylic acids is 1. The molecule has 0 unspecified atom stereocenters. The van der Waals surface area contributed by atoms with Crippen LogP contribution in [0.3, 0.4) is 0 Å². The van der Waals surface area contributed by atoms with Crippen LogP contribution in [0.15, 0.2) is 12.3 Å². The number of aromatic nitrogens is 4. The molecule has 2 aromatic rings. The zero-order chi connectivity index (χ0) is 20.4. The van der Waals surface area contributed by atoms with Crippen molar-refractivity contribution in [1.82, 2.24) is 19.9 Å². The zero-order valence-electron chi connectivity index (χ0n) is 15.4. The maximum atomic E-state index is 13.6. The van der Waals surface area contributed by atoms with Crippen LogP contribution in [0.1, 0.15) is 12.0 Å². The number of rotatable bonds is 4. The number of nitrogens with two attached hydrogens (primary N) is 1. The second kappa shape index (κ2) is 8.17. The molecule has 4 heterocycles. The average molecular weight is 407 g/mol. The highest BCUT2D eigenvalue weighted by Gasteiger charge is 2.27. The molecule has 0 atom stereocenters. The summed E-state index contributed by atoms with van der Waals surface area (Å²) < 4.78 is 37.7. The second-order valence-electron chi connectivity index (χ2n) is 6.45. The fourth-order valence-corrected chi connectivity index (χ4v) is 3.08. The molecule has 154 valence electrons. The number of nitrogen functional groups attached to an aromatic ring is 1. The van der Waals surface area contributed by atoms with Crippen molar-refractivity contribution >= 4 is 23.6 Å². The monoisotopic (exact) mass is 407 g/mol. The van der Waals surface area contributed by atoms with Crippen molar-refractivity contribution in [2.24, 2.45) is 0 Å². The number of morpholine rings is 2. The molecule has 0 spiro atoms. The molecule has 29 heavy (non-hydrogen) atoms. The molecule has 1 amide bonds. The quantitative estimate of drug-likeness (QED) is 0.779. The van der Waals surface area contributed by atoms with Gasteiger partial charge in [0.25, 0.3) is 12.3 Å².